The molecule has 120 valence electrons. The first-order valence-corrected chi connectivity index (χ1v) is 7.27. The maximum Gasteiger partial charge on any atom is 0.356 e. The third kappa shape index (κ3) is 2.10. The molecule has 7 nitrogen and oxygen atoms in total. The number of nitrogens with zero attached hydrogens (tertiary/aromatic N) is 3. The second kappa shape index (κ2) is 5.38. The van der Waals surface area contributed by atoms with Crippen molar-refractivity contribution in [1.29, 1.82) is 0 Å². The highest BCUT2D eigenvalue weighted by Gasteiger charge is 2.29. The highest BCUT2D eigenvalue weighted by Crippen LogP contribution is 2.39. The first-order valence-electron chi connectivity index (χ1n) is 7.27. The van der Waals surface area contributed by atoms with Crippen LogP contribution in [-0.2, 0) is 6.61 Å². The maximum absolute atomic E-state index is 11.6. The molecule has 1 aliphatic rings. The lowest BCUT2D eigenvalue weighted by atomic mass is 10.0. The Hall–Kier alpha value is -3.35. The third-order valence-corrected chi connectivity index (χ3v) is 3.87. The summed E-state index contributed by atoms with van der Waals surface area (Å²) in [5.74, 6) is 0.0842. The van der Waals surface area contributed by atoms with Crippen LogP contribution in [0.4, 0.5) is 0 Å². The van der Waals surface area contributed by atoms with Crippen molar-refractivity contribution in [2.75, 3.05) is 7.11 Å². The van der Waals surface area contributed by atoms with Gasteiger partial charge in [-0.25, -0.2) is 14.5 Å². The van der Waals surface area contributed by atoms with Crippen molar-refractivity contribution in [3.05, 3.63) is 53.9 Å². The van der Waals surface area contributed by atoms with Gasteiger partial charge in [0.15, 0.2) is 5.69 Å². The van der Waals surface area contributed by atoms with Gasteiger partial charge in [0.1, 0.15) is 12.4 Å². The molecule has 0 bridgehead atoms. The van der Waals surface area contributed by atoms with E-state index >= 15 is 0 Å². The number of pyridine rings is 1. The topological polar surface area (TPSA) is 86.5 Å². The Labute approximate surface area is 137 Å². The Bertz CT molecular complexity index is 932. The number of benzene rings is 1. The molecule has 0 aliphatic carbocycles. The maximum atomic E-state index is 11.6. The van der Waals surface area contributed by atoms with Crippen molar-refractivity contribution in [3.8, 4) is 28.6 Å². The first-order chi connectivity index (χ1) is 11.7. The number of carboxylic acid groups (broad SMARTS) is 1. The van der Waals surface area contributed by atoms with Crippen molar-refractivity contribution in [2.24, 2.45) is 0 Å². The molecule has 0 saturated carbocycles. The van der Waals surface area contributed by atoms with E-state index in [1.807, 2.05) is 24.3 Å². The largest absolute Gasteiger partial charge is 0.488 e. The first kappa shape index (κ1) is 14.3. The summed E-state index contributed by atoms with van der Waals surface area (Å²) < 4.78 is 12.3. The summed E-state index contributed by atoms with van der Waals surface area (Å²) in [5, 5.41) is 13.7. The summed E-state index contributed by atoms with van der Waals surface area (Å²) in [6.45, 7) is 0.164. The van der Waals surface area contributed by atoms with Gasteiger partial charge in [0, 0.05) is 11.6 Å². The number of methoxy groups -OCH3 is 1. The second-order valence-corrected chi connectivity index (χ2v) is 5.24. The number of carboxylic acids is 1. The number of para-hydroxylation sites is 1. The van der Waals surface area contributed by atoms with E-state index in [2.05, 4.69) is 10.1 Å². The molecule has 1 aliphatic heterocycles. The van der Waals surface area contributed by atoms with Gasteiger partial charge in [0.05, 0.1) is 30.3 Å². The van der Waals surface area contributed by atoms with E-state index in [1.54, 1.807) is 23.0 Å². The zero-order valence-corrected chi connectivity index (χ0v) is 12.8. The smallest absolute Gasteiger partial charge is 0.356 e. The molecule has 0 radical (unpaired) electrons. The van der Waals surface area contributed by atoms with Gasteiger partial charge in [-0.05, 0) is 18.2 Å². The summed E-state index contributed by atoms with van der Waals surface area (Å²) in [5.41, 5.74) is 2.69. The second-order valence-electron chi connectivity index (χ2n) is 5.24. The Balaban J connectivity index is 1.97. The van der Waals surface area contributed by atoms with Gasteiger partial charge in [-0.3, -0.25) is 0 Å². The predicted octanol–water partition coefficient (Wildman–Crippen LogP) is 2.53. The van der Waals surface area contributed by atoms with Crippen molar-refractivity contribution in [1.82, 2.24) is 14.8 Å². The minimum Gasteiger partial charge on any atom is -0.488 e. The fourth-order valence-corrected chi connectivity index (χ4v) is 2.78. The van der Waals surface area contributed by atoms with E-state index in [0.29, 0.717) is 28.6 Å². The quantitative estimate of drug-likeness (QED) is 0.797. The molecule has 0 unspecified atom stereocenters. The average molecular weight is 323 g/mol. The Morgan fingerprint density at radius 3 is 2.83 bits per heavy atom. The number of carbonyl (C=O) groups is 1. The van der Waals surface area contributed by atoms with Gasteiger partial charge >= 0.3 is 5.97 Å². The molecule has 0 saturated heterocycles. The minimum atomic E-state index is -1.09. The Kier molecular flexibility index (Phi) is 3.19. The van der Waals surface area contributed by atoms with Crippen LogP contribution in [0, 0.1) is 0 Å². The average Bonchev–Trinajstić information content (AvgIpc) is 3.02. The molecule has 0 amide bonds. The predicted molar refractivity (Wildman–Crippen MR) is 84.6 cm³/mol. The number of hydrogen-bond acceptors (Lipinski definition) is 5. The normalized spacial score (nSPS) is 12.0. The van der Waals surface area contributed by atoms with Crippen molar-refractivity contribution >= 4 is 5.97 Å². The molecule has 4 rings (SSSR count). The number of fused-ring (bicyclic) bond motifs is 3. The lowest BCUT2D eigenvalue weighted by Crippen LogP contribution is -2.09. The molecule has 24 heavy (non-hydrogen) atoms. The van der Waals surface area contributed by atoms with Crippen LogP contribution in [0.5, 0.6) is 11.6 Å². The van der Waals surface area contributed by atoms with E-state index in [-0.39, 0.29) is 12.3 Å². The highest BCUT2D eigenvalue weighted by atomic mass is 16.5. The van der Waals surface area contributed by atoms with Gasteiger partial charge in [0.25, 0.3) is 0 Å². The van der Waals surface area contributed by atoms with Gasteiger partial charge in [-0.2, -0.15) is 5.10 Å². The van der Waals surface area contributed by atoms with Gasteiger partial charge in [0.2, 0.25) is 5.88 Å². The summed E-state index contributed by atoms with van der Waals surface area (Å²) in [6.07, 6.45) is 1.59. The van der Waals surface area contributed by atoms with Crippen LogP contribution in [0.1, 0.15) is 16.1 Å². The molecule has 0 spiro atoms. The van der Waals surface area contributed by atoms with Crippen molar-refractivity contribution < 1.29 is 19.4 Å². The number of aromatic nitrogens is 3. The molecule has 0 atom stereocenters. The number of aromatic carboxylic acids is 1. The van der Waals surface area contributed by atoms with Crippen LogP contribution < -0.4 is 9.47 Å². The van der Waals surface area contributed by atoms with Crippen LogP contribution in [0.25, 0.3) is 16.9 Å². The summed E-state index contributed by atoms with van der Waals surface area (Å²) in [7, 11) is 1.54. The van der Waals surface area contributed by atoms with E-state index in [9.17, 15) is 9.90 Å². The highest BCUT2D eigenvalue weighted by molar-refractivity contribution is 5.91. The third-order valence-electron chi connectivity index (χ3n) is 3.87. The fraction of sp³-hybridized carbons (Fsp3) is 0.118. The zero-order chi connectivity index (χ0) is 16.7. The monoisotopic (exact) mass is 323 g/mol. The van der Waals surface area contributed by atoms with Gasteiger partial charge < -0.3 is 14.6 Å². The molecule has 3 heterocycles. The molecule has 1 N–H and O–H groups in total. The lowest BCUT2D eigenvalue weighted by Gasteiger charge is -2.19. The van der Waals surface area contributed by atoms with E-state index in [1.165, 1.54) is 7.11 Å². The van der Waals surface area contributed by atoms with Crippen LogP contribution in [0.3, 0.4) is 0 Å². The number of hydrogen-bond donors (Lipinski definition) is 1. The van der Waals surface area contributed by atoms with Gasteiger partial charge in [-0.1, -0.05) is 12.1 Å². The van der Waals surface area contributed by atoms with Crippen molar-refractivity contribution in [3.63, 3.8) is 0 Å². The molecular weight excluding hydrogens is 310 g/mol. The van der Waals surface area contributed by atoms with Crippen LogP contribution in [-0.4, -0.2) is 33.0 Å². The molecule has 2 aromatic heterocycles. The zero-order valence-electron chi connectivity index (χ0n) is 12.8. The van der Waals surface area contributed by atoms with Crippen LogP contribution in [0.2, 0.25) is 0 Å². The van der Waals surface area contributed by atoms with E-state index in [4.69, 9.17) is 9.47 Å². The SMILES string of the molecule is COc1ccc(-n2nc(C(=O)O)c3c2-c2ccccc2OC3)cn1. The standard InChI is InChI=1S/C17H13N3O4/c1-23-14-7-6-10(8-18-14)20-16-11-4-2-3-5-13(11)24-9-12(16)15(19-20)17(21)22/h2-8H,9H2,1H3,(H,21,22). The summed E-state index contributed by atoms with van der Waals surface area (Å²) >= 11 is 0. The Morgan fingerprint density at radius 2 is 2.12 bits per heavy atom. The Morgan fingerprint density at radius 1 is 1.29 bits per heavy atom. The van der Waals surface area contributed by atoms with Crippen LogP contribution in [0.15, 0.2) is 42.6 Å². The van der Waals surface area contributed by atoms with E-state index < -0.39 is 5.97 Å². The minimum absolute atomic E-state index is 0.0182. The number of ether oxygens (including phenoxy) is 2. The van der Waals surface area contributed by atoms with Gasteiger partial charge in [-0.15, -0.1) is 0 Å². The molecular formula is C17H13N3O4. The summed E-state index contributed by atoms with van der Waals surface area (Å²) in [4.78, 5) is 15.7. The van der Waals surface area contributed by atoms with Crippen LogP contribution >= 0.6 is 0 Å². The molecule has 0 fully saturated rings. The number of rotatable bonds is 3. The van der Waals surface area contributed by atoms with E-state index in [0.717, 1.165) is 5.56 Å². The lowest BCUT2D eigenvalue weighted by molar-refractivity contribution is 0.0687. The molecule has 1 aromatic carbocycles. The fourth-order valence-electron chi connectivity index (χ4n) is 2.78. The summed E-state index contributed by atoms with van der Waals surface area (Å²) in [6, 6.07) is 11.0. The molecule has 3 aromatic rings. The molecule has 7 heteroatoms. The van der Waals surface area contributed by atoms with Crippen molar-refractivity contribution in [2.45, 2.75) is 6.61 Å².